The summed E-state index contributed by atoms with van der Waals surface area (Å²) in [5, 5.41) is 5.53. The van der Waals surface area contributed by atoms with E-state index in [-0.39, 0.29) is 47.2 Å². The highest BCUT2D eigenvalue weighted by Gasteiger charge is 2.36. The molecule has 226 valence electrons. The maximum absolute atomic E-state index is 14.1. The number of piperidine rings is 1. The van der Waals surface area contributed by atoms with Crippen molar-refractivity contribution < 1.29 is 41.7 Å². The van der Waals surface area contributed by atoms with Gasteiger partial charge in [0.2, 0.25) is 0 Å². The zero-order valence-corrected chi connectivity index (χ0v) is 24.2. The normalized spacial score (nSPS) is 14.5. The van der Waals surface area contributed by atoms with Crippen LogP contribution in [0, 0.1) is 0 Å². The molecule has 0 atom stereocenters. The van der Waals surface area contributed by atoms with Crippen LogP contribution in [0.25, 0.3) is 0 Å². The quantitative estimate of drug-likeness (QED) is 0.251. The molecule has 1 aliphatic rings. The number of hydrogen-bond donors (Lipinski definition) is 2. The average molecular weight is 602 g/mol. The van der Waals surface area contributed by atoms with Gasteiger partial charge in [-0.1, -0.05) is 11.6 Å². The van der Waals surface area contributed by atoms with Crippen molar-refractivity contribution >= 4 is 35.0 Å². The number of carbonyl (C=O) groups excluding carboxylic acids is 2. The van der Waals surface area contributed by atoms with Gasteiger partial charge in [-0.25, -0.2) is 4.79 Å². The van der Waals surface area contributed by atoms with Gasteiger partial charge in [0.1, 0.15) is 11.4 Å². The molecule has 2 amide bonds. The summed E-state index contributed by atoms with van der Waals surface area (Å²) in [5.41, 5.74) is -1.56. The fourth-order valence-corrected chi connectivity index (χ4v) is 4.34. The number of methoxy groups -OCH3 is 1. The number of halogens is 4. The fourth-order valence-electron chi connectivity index (χ4n) is 4.17. The van der Waals surface area contributed by atoms with Crippen LogP contribution in [-0.2, 0) is 20.4 Å². The number of alkyl halides is 3. The number of anilines is 2. The first-order valence-corrected chi connectivity index (χ1v) is 13.4. The average Bonchev–Trinajstić information content (AvgIpc) is 2.88. The molecule has 13 heteroatoms. The molecule has 3 rings (SSSR count). The Hall–Kier alpha value is -3.22. The Kier molecular flexibility index (Phi) is 11.1. The number of amides is 2. The lowest BCUT2D eigenvalue weighted by Gasteiger charge is -2.35. The summed E-state index contributed by atoms with van der Waals surface area (Å²) in [4.78, 5) is 26.7. The number of hydrogen-bond acceptors (Lipinski definition) is 7. The minimum absolute atomic E-state index is 0.00815. The van der Waals surface area contributed by atoms with E-state index in [1.165, 1.54) is 37.4 Å². The highest BCUT2D eigenvalue weighted by Crippen LogP contribution is 2.39. The van der Waals surface area contributed by atoms with Crippen molar-refractivity contribution in [3.63, 3.8) is 0 Å². The molecule has 1 saturated heterocycles. The van der Waals surface area contributed by atoms with Gasteiger partial charge in [0.25, 0.3) is 5.91 Å². The van der Waals surface area contributed by atoms with E-state index in [1.807, 2.05) is 0 Å². The SMILES string of the molecule is COCCOCOc1ccc(Cl)cc1C(=O)Nc1ccc(N2CCC(NC(=O)OC(C)(C)C)CC2)c(C(F)(F)F)c1. The number of alkyl carbamates (subject to hydrolysis) is 1. The van der Waals surface area contributed by atoms with Gasteiger partial charge in [0.05, 0.1) is 24.3 Å². The third-order valence-electron chi connectivity index (χ3n) is 6.03. The van der Waals surface area contributed by atoms with Gasteiger partial charge in [-0.2, -0.15) is 13.2 Å². The number of carbonyl (C=O) groups is 2. The Morgan fingerprint density at radius 3 is 2.39 bits per heavy atom. The molecule has 1 heterocycles. The van der Waals surface area contributed by atoms with E-state index < -0.39 is 29.3 Å². The number of benzene rings is 2. The molecule has 0 aromatic heterocycles. The summed E-state index contributed by atoms with van der Waals surface area (Å²) in [5.74, 6) is -0.547. The van der Waals surface area contributed by atoms with Crippen molar-refractivity contribution in [1.29, 1.82) is 0 Å². The molecule has 0 radical (unpaired) electrons. The van der Waals surface area contributed by atoms with E-state index in [1.54, 1.807) is 25.7 Å². The van der Waals surface area contributed by atoms with Crippen molar-refractivity contribution in [2.45, 2.75) is 51.4 Å². The summed E-state index contributed by atoms with van der Waals surface area (Å²) >= 11 is 6.06. The molecular formula is C28H35ClF3N3O6. The van der Waals surface area contributed by atoms with Crippen molar-refractivity contribution in [3.8, 4) is 5.75 Å². The van der Waals surface area contributed by atoms with Crippen LogP contribution in [0.2, 0.25) is 5.02 Å². The van der Waals surface area contributed by atoms with Crippen molar-refractivity contribution in [2.75, 3.05) is 50.4 Å². The van der Waals surface area contributed by atoms with Crippen LogP contribution < -0.4 is 20.3 Å². The van der Waals surface area contributed by atoms with Crippen LogP contribution in [-0.4, -0.2) is 63.8 Å². The Morgan fingerprint density at radius 2 is 1.76 bits per heavy atom. The number of nitrogens with zero attached hydrogens (tertiary/aromatic N) is 1. The lowest BCUT2D eigenvalue weighted by atomic mass is 10.0. The Morgan fingerprint density at radius 1 is 1.05 bits per heavy atom. The lowest BCUT2D eigenvalue weighted by Crippen LogP contribution is -2.46. The summed E-state index contributed by atoms with van der Waals surface area (Å²) in [7, 11) is 1.52. The third-order valence-corrected chi connectivity index (χ3v) is 6.27. The largest absolute Gasteiger partial charge is 0.467 e. The molecule has 9 nitrogen and oxygen atoms in total. The first-order chi connectivity index (χ1) is 19.3. The van der Waals surface area contributed by atoms with Gasteiger partial charge in [-0.3, -0.25) is 4.79 Å². The minimum Gasteiger partial charge on any atom is -0.467 e. The van der Waals surface area contributed by atoms with E-state index in [9.17, 15) is 22.8 Å². The van der Waals surface area contributed by atoms with E-state index in [0.717, 1.165) is 6.07 Å². The molecule has 2 N–H and O–H groups in total. The lowest BCUT2D eigenvalue weighted by molar-refractivity contribution is -0.137. The van der Waals surface area contributed by atoms with Crippen LogP contribution in [0.15, 0.2) is 36.4 Å². The molecular weight excluding hydrogens is 567 g/mol. The van der Waals surface area contributed by atoms with Gasteiger partial charge in [0, 0.05) is 42.6 Å². The van der Waals surface area contributed by atoms with Crippen LogP contribution in [0.5, 0.6) is 5.75 Å². The molecule has 2 aromatic rings. The molecule has 0 unspecified atom stereocenters. The van der Waals surface area contributed by atoms with Crippen LogP contribution in [0.4, 0.5) is 29.3 Å². The van der Waals surface area contributed by atoms with E-state index in [2.05, 4.69) is 10.6 Å². The summed E-state index contributed by atoms with van der Waals surface area (Å²) in [6.45, 7) is 6.32. The Balaban J connectivity index is 1.71. The highest BCUT2D eigenvalue weighted by molar-refractivity contribution is 6.31. The highest BCUT2D eigenvalue weighted by atomic mass is 35.5. The Labute approximate surface area is 242 Å². The maximum atomic E-state index is 14.1. The molecule has 1 fully saturated rings. The van der Waals surface area contributed by atoms with Crippen LogP contribution >= 0.6 is 11.6 Å². The number of ether oxygens (including phenoxy) is 4. The first kappa shape index (κ1) is 32.3. The number of nitrogens with one attached hydrogen (secondary N) is 2. The fraction of sp³-hybridized carbons (Fsp3) is 0.500. The summed E-state index contributed by atoms with van der Waals surface area (Å²) in [6.07, 6.45) is -4.34. The smallest absolute Gasteiger partial charge is 0.418 e. The summed E-state index contributed by atoms with van der Waals surface area (Å²) < 4.78 is 63.3. The standard InChI is InChI=1S/C28H35ClF3N3O6/c1-27(2,3)41-26(37)34-19-9-11-35(12-10-19)23-7-6-20(16-22(23)28(30,31)32)33-25(36)21-15-18(29)5-8-24(21)40-17-39-14-13-38-4/h5-8,15-16,19H,9-14,17H2,1-4H3,(H,33,36)(H,34,37). The van der Waals surface area contributed by atoms with Gasteiger partial charge in [-0.15, -0.1) is 0 Å². The number of rotatable bonds is 10. The van der Waals surface area contributed by atoms with E-state index in [4.69, 9.17) is 30.5 Å². The van der Waals surface area contributed by atoms with E-state index in [0.29, 0.717) is 32.5 Å². The van der Waals surface area contributed by atoms with Gasteiger partial charge >= 0.3 is 12.3 Å². The van der Waals surface area contributed by atoms with Crippen molar-refractivity contribution in [1.82, 2.24) is 5.32 Å². The van der Waals surface area contributed by atoms with Gasteiger partial charge < -0.3 is 34.5 Å². The monoisotopic (exact) mass is 601 g/mol. The minimum atomic E-state index is -4.68. The zero-order chi connectivity index (χ0) is 30.2. The van der Waals surface area contributed by atoms with Crippen LogP contribution in [0.1, 0.15) is 49.5 Å². The van der Waals surface area contributed by atoms with Crippen molar-refractivity contribution in [3.05, 3.63) is 52.5 Å². The van der Waals surface area contributed by atoms with E-state index >= 15 is 0 Å². The van der Waals surface area contributed by atoms with Gasteiger partial charge in [0.15, 0.2) is 6.79 Å². The van der Waals surface area contributed by atoms with Gasteiger partial charge in [-0.05, 0) is 70.0 Å². The topological polar surface area (TPSA) is 98.4 Å². The molecule has 0 saturated carbocycles. The second-order valence-electron chi connectivity index (χ2n) is 10.4. The molecule has 0 spiro atoms. The van der Waals surface area contributed by atoms with Crippen LogP contribution in [0.3, 0.4) is 0 Å². The molecule has 0 bridgehead atoms. The predicted octanol–water partition coefficient (Wildman–Crippen LogP) is 6.10. The second-order valence-corrected chi connectivity index (χ2v) is 10.8. The predicted molar refractivity (Wildman–Crippen MR) is 149 cm³/mol. The second kappa shape index (κ2) is 14.1. The molecule has 0 aliphatic carbocycles. The molecule has 1 aliphatic heterocycles. The maximum Gasteiger partial charge on any atom is 0.418 e. The Bertz CT molecular complexity index is 1200. The third kappa shape index (κ3) is 9.98. The zero-order valence-electron chi connectivity index (χ0n) is 23.4. The molecule has 41 heavy (non-hydrogen) atoms. The van der Waals surface area contributed by atoms with Crippen molar-refractivity contribution in [2.24, 2.45) is 0 Å². The molecule has 2 aromatic carbocycles. The summed E-state index contributed by atoms with van der Waals surface area (Å²) in [6, 6.07) is 7.78. The first-order valence-electron chi connectivity index (χ1n) is 13.0.